The minimum absolute atomic E-state index is 0.0572. The molecule has 1 atom stereocenters. The maximum absolute atomic E-state index is 11.1. The molecule has 0 aliphatic heterocycles. The van der Waals surface area contributed by atoms with Gasteiger partial charge < -0.3 is 5.32 Å². The van der Waals surface area contributed by atoms with Crippen LogP contribution in [0.15, 0.2) is 23.2 Å². The van der Waals surface area contributed by atoms with E-state index in [1.807, 2.05) is 0 Å². The molecule has 0 aliphatic carbocycles. The van der Waals surface area contributed by atoms with E-state index in [1.165, 1.54) is 12.3 Å². The van der Waals surface area contributed by atoms with Crippen molar-refractivity contribution in [2.24, 2.45) is 5.14 Å². The quantitative estimate of drug-likeness (QED) is 0.776. The average Bonchev–Trinajstić information content (AvgIpc) is 2.29. The molecule has 3 N–H and O–H groups in total. The van der Waals surface area contributed by atoms with Crippen molar-refractivity contribution < 1.29 is 8.42 Å². The van der Waals surface area contributed by atoms with Gasteiger partial charge in [-0.1, -0.05) is 20.3 Å². The van der Waals surface area contributed by atoms with Crippen molar-refractivity contribution in [3.8, 4) is 0 Å². The first-order valence-electron chi connectivity index (χ1n) is 6.18. The van der Waals surface area contributed by atoms with Gasteiger partial charge in [0.15, 0.2) is 0 Å². The lowest BCUT2D eigenvalue weighted by molar-refractivity contribution is 0.481. The molecule has 0 spiro atoms. The molecule has 1 heterocycles. The van der Waals surface area contributed by atoms with Crippen LogP contribution in [-0.2, 0) is 16.4 Å². The summed E-state index contributed by atoms with van der Waals surface area (Å²) in [5.41, 5.74) is 0.877. The third-order valence-corrected chi connectivity index (χ3v) is 3.61. The van der Waals surface area contributed by atoms with Crippen LogP contribution in [0.4, 0.5) is 0 Å². The number of nitrogens with one attached hydrogen (secondary N) is 1. The third-order valence-electron chi connectivity index (χ3n) is 2.71. The normalized spacial score (nSPS) is 13.5. The summed E-state index contributed by atoms with van der Waals surface area (Å²) in [7, 11) is -3.65. The summed E-state index contributed by atoms with van der Waals surface area (Å²) in [6.07, 6.45) is 4.30. The summed E-state index contributed by atoms with van der Waals surface area (Å²) in [5, 5.41) is 8.42. The van der Waals surface area contributed by atoms with Crippen molar-refractivity contribution in [1.82, 2.24) is 10.3 Å². The number of nitrogens with two attached hydrogens (primary N) is 1. The number of rotatable bonds is 7. The lowest BCUT2D eigenvalue weighted by Gasteiger charge is -2.16. The molecule has 0 amide bonds. The first kappa shape index (κ1) is 15.1. The van der Waals surface area contributed by atoms with Gasteiger partial charge in [-0.05, 0) is 25.1 Å². The fourth-order valence-corrected chi connectivity index (χ4v) is 2.32. The second-order valence-corrected chi connectivity index (χ2v) is 5.84. The molecule has 18 heavy (non-hydrogen) atoms. The molecule has 0 saturated heterocycles. The van der Waals surface area contributed by atoms with E-state index < -0.39 is 10.0 Å². The van der Waals surface area contributed by atoms with Crippen LogP contribution in [0.2, 0.25) is 0 Å². The molecule has 5 nitrogen and oxygen atoms in total. The summed E-state index contributed by atoms with van der Waals surface area (Å²) in [4.78, 5) is 4.21. The monoisotopic (exact) mass is 271 g/mol. The van der Waals surface area contributed by atoms with E-state index in [9.17, 15) is 8.42 Å². The zero-order valence-corrected chi connectivity index (χ0v) is 11.7. The molecule has 6 heteroatoms. The number of sulfonamides is 1. The molecule has 102 valence electrons. The van der Waals surface area contributed by atoms with Crippen LogP contribution in [-0.4, -0.2) is 26.0 Å². The van der Waals surface area contributed by atoms with Gasteiger partial charge in [-0.3, -0.25) is 4.98 Å². The largest absolute Gasteiger partial charge is 0.314 e. The Kier molecular flexibility index (Phi) is 5.71. The van der Waals surface area contributed by atoms with Gasteiger partial charge in [0.05, 0.1) is 0 Å². The van der Waals surface area contributed by atoms with E-state index in [1.54, 1.807) is 6.07 Å². The van der Waals surface area contributed by atoms with E-state index in [0.29, 0.717) is 6.04 Å². The van der Waals surface area contributed by atoms with Crippen LogP contribution in [0.25, 0.3) is 0 Å². The van der Waals surface area contributed by atoms with Crippen LogP contribution in [0.3, 0.4) is 0 Å². The van der Waals surface area contributed by atoms with Crippen LogP contribution in [0, 0.1) is 0 Å². The van der Waals surface area contributed by atoms with Crippen LogP contribution < -0.4 is 10.5 Å². The topological polar surface area (TPSA) is 85.1 Å². The Balaban J connectivity index is 2.73. The van der Waals surface area contributed by atoms with E-state index in [2.05, 4.69) is 24.1 Å². The molecule has 0 aliphatic rings. The minimum atomic E-state index is -3.65. The van der Waals surface area contributed by atoms with Gasteiger partial charge in [0.25, 0.3) is 0 Å². The van der Waals surface area contributed by atoms with Crippen molar-refractivity contribution >= 4 is 10.0 Å². The molecule has 1 unspecified atom stereocenters. The van der Waals surface area contributed by atoms with Crippen LogP contribution in [0.1, 0.15) is 32.4 Å². The van der Waals surface area contributed by atoms with Crippen molar-refractivity contribution in [2.45, 2.75) is 44.0 Å². The number of hydrogen-bond donors (Lipinski definition) is 2. The van der Waals surface area contributed by atoms with E-state index in [4.69, 9.17) is 5.14 Å². The lowest BCUT2D eigenvalue weighted by Crippen LogP contribution is -2.31. The van der Waals surface area contributed by atoms with Crippen molar-refractivity contribution in [2.75, 3.05) is 6.54 Å². The summed E-state index contributed by atoms with van der Waals surface area (Å²) >= 11 is 0. The number of primary sulfonamides is 1. The highest BCUT2D eigenvalue weighted by Crippen LogP contribution is 2.09. The van der Waals surface area contributed by atoms with Gasteiger partial charge in [-0.15, -0.1) is 0 Å². The summed E-state index contributed by atoms with van der Waals surface area (Å²) < 4.78 is 22.2. The molecule has 0 bridgehead atoms. The van der Waals surface area contributed by atoms with Gasteiger partial charge in [0, 0.05) is 24.4 Å². The highest BCUT2D eigenvalue weighted by Gasteiger charge is 2.11. The molecule has 1 rings (SSSR count). The summed E-state index contributed by atoms with van der Waals surface area (Å²) in [5.74, 6) is 0. The third kappa shape index (κ3) is 4.72. The maximum atomic E-state index is 11.1. The fraction of sp³-hybridized carbons (Fsp3) is 0.583. The van der Waals surface area contributed by atoms with E-state index >= 15 is 0 Å². The highest BCUT2D eigenvalue weighted by molar-refractivity contribution is 7.89. The van der Waals surface area contributed by atoms with Gasteiger partial charge in [0.2, 0.25) is 10.0 Å². The molecule has 1 aromatic rings. The molecular formula is C12H21N3O2S. The van der Waals surface area contributed by atoms with Crippen molar-refractivity contribution in [3.63, 3.8) is 0 Å². The van der Waals surface area contributed by atoms with Gasteiger partial charge in [-0.2, -0.15) is 0 Å². The Morgan fingerprint density at radius 1 is 1.39 bits per heavy atom. The Bertz CT molecular complexity index is 451. The smallest absolute Gasteiger partial charge is 0.239 e. The SMILES string of the molecule is CCCC(Cc1ccc(S(N)(=O)=O)cn1)NCC. The van der Waals surface area contributed by atoms with Crippen molar-refractivity contribution in [3.05, 3.63) is 24.0 Å². The number of aromatic nitrogens is 1. The molecule has 1 aromatic heterocycles. The Hall–Kier alpha value is -0.980. The predicted octanol–water partition coefficient (Wildman–Crippen LogP) is 1.05. The number of hydrogen-bond acceptors (Lipinski definition) is 4. The number of pyridine rings is 1. The molecular weight excluding hydrogens is 250 g/mol. The van der Waals surface area contributed by atoms with Crippen molar-refractivity contribution in [1.29, 1.82) is 0 Å². The van der Waals surface area contributed by atoms with Gasteiger partial charge in [-0.25, -0.2) is 13.6 Å². The molecule has 0 fully saturated rings. The standard InChI is InChI=1S/C12H21N3O2S/c1-3-5-10(14-4-2)8-11-6-7-12(9-15-11)18(13,16)17/h6-7,9-10,14H,3-5,8H2,1-2H3,(H2,13,16,17). The predicted molar refractivity (Wildman–Crippen MR) is 71.7 cm³/mol. The Labute approximate surface area is 109 Å². The van der Waals surface area contributed by atoms with E-state index in [0.717, 1.165) is 31.5 Å². The zero-order valence-electron chi connectivity index (χ0n) is 10.9. The first-order valence-corrected chi connectivity index (χ1v) is 7.73. The average molecular weight is 271 g/mol. The van der Waals surface area contributed by atoms with Gasteiger partial charge in [0.1, 0.15) is 4.90 Å². The molecule has 0 saturated carbocycles. The summed E-state index contributed by atoms with van der Waals surface area (Å²) in [6.45, 7) is 5.13. The lowest BCUT2D eigenvalue weighted by atomic mass is 10.1. The summed E-state index contributed by atoms with van der Waals surface area (Å²) in [6, 6.07) is 3.61. The second-order valence-electron chi connectivity index (χ2n) is 4.28. The maximum Gasteiger partial charge on any atom is 0.239 e. The molecule has 0 aromatic carbocycles. The second kappa shape index (κ2) is 6.82. The Morgan fingerprint density at radius 2 is 2.11 bits per heavy atom. The highest BCUT2D eigenvalue weighted by atomic mass is 32.2. The fourth-order valence-electron chi connectivity index (χ4n) is 1.87. The van der Waals surface area contributed by atoms with Crippen LogP contribution in [0.5, 0.6) is 0 Å². The minimum Gasteiger partial charge on any atom is -0.314 e. The Morgan fingerprint density at radius 3 is 2.56 bits per heavy atom. The first-order chi connectivity index (χ1) is 8.47. The number of likely N-dealkylation sites (N-methyl/N-ethyl adjacent to an activating group) is 1. The van der Waals surface area contributed by atoms with Crippen LogP contribution >= 0.6 is 0 Å². The van der Waals surface area contributed by atoms with E-state index in [-0.39, 0.29) is 4.90 Å². The zero-order chi connectivity index (χ0) is 13.6. The van der Waals surface area contributed by atoms with Gasteiger partial charge >= 0.3 is 0 Å². The number of nitrogens with zero attached hydrogens (tertiary/aromatic N) is 1. The molecule has 0 radical (unpaired) electrons.